The Morgan fingerprint density at radius 2 is 1.76 bits per heavy atom. The van der Waals surface area contributed by atoms with E-state index in [4.69, 9.17) is 16.1 Å². The Morgan fingerprint density at radius 1 is 1.04 bits per heavy atom. The highest BCUT2D eigenvalue weighted by Gasteiger charge is 2.27. The molecule has 3 heterocycles. The van der Waals surface area contributed by atoms with Crippen LogP contribution in [0.1, 0.15) is 54.2 Å². The Labute approximate surface area is 265 Å². The summed E-state index contributed by atoms with van der Waals surface area (Å²) < 4.78 is 6.73. The highest BCUT2D eigenvalue weighted by Crippen LogP contribution is 2.34. The first-order valence-corrected chi connectivity index (χ1v) is 14.7. The van der Waals surface area contributed by atoms with Gasteiger partial charge in [-0.1, -0.05) is 43.6 Å². The second kappa shape index (κ2) is 13.0. The van der Waals surface area contributed by atoms with Gasteiger partial charge in [-0.25, -0.2) is 0 Å². The molecule has 0 spiro atoms. The molecule has 3 aromatic heterocycles. The average molecular weight is 628 g/mol. The van der Waals surface area contributed by atoms with Gasteiger partial charge >= 0.3 is 0 Å². The van der Waals surface area contributed by atoms with E-state index in [1.54, 1.807) is 42.2 Å². The van der Waals surface area contributed by atoms with Crippen molar-refractivity contribution in [2.45, 2.75) is 46.3 Å². The summed E-state index contributed by atoms with van der Waals surface area (Å²) in [7, 11) is 1.85. The van der Waals surface area contributed by atoms with Crippen LogP contribution in [0.25, 0.3) is 22.5 Å². The normalized spacial score (nSPS) is 12.9. The lowest BCUT2D eigenvalue weighted by Crippen LogP contribution is -2.45. The van der Waals surface area contributed by atoms with E-state index in [0.717, 1.165) is 16.7 Å². The number of aliphatic hydroxyl groups excluding tert-OH is 1. The van der Waals surface area contributed by atoms with Crippen molar-refractivity contribution >= 4 is 29.1 Å². The van der Waals surface area contributed by atoms with Gasteiger partial charge < -0.3 is 24.8 Å². The maximum absolute atomic E-state index is 13.7. The van der Waals surface area contributed by atoms with Crippen molar-refractivity contribution in [2.75, 3.05) is 5.32 Å². The van der Waals surface area contributed by atoms with E-state index in [1.807, 2.05) is 64.2 Å². The van der Waals surface area contributed by atoms with E-state index in [-0.39, 0.29) is 12.0 Å². The van der Waals surface area contributed by atoms with Gasteiger partial charge in [0.2, 0.25) is 5.91 Å². The van der Waals surface area contributed by atoms with Gasteiger partial charge in [-0.2, -0.15) is 0 Å². The van der Waals surface area contributed by atoms with Crippen molar-refractivity contribution < 1.29 is 19.2 Å². The second-order valence-corrected chi connectivity index (χ2v) is 12.3. The van der Waals surface area contributed by atoms with Crippen molar-refractivity contribution in [2.24, 2.45) is 12.5 Å². The highest BCUT2D eigenvalue weighted by molar-refractivity contribution is 6.31. The summed E-state index contributed by atoms with van der Waals surface area (Å²) in [5.41, 5.74) is 4.44. The van der Waals surface area contributed by atoms with Crippen LogP contribution in [0.4, 0.5) is 5.69 Å². The molecule has 12 heteroatoms. The van der Waals surface area contributed by atoms with Crippen LogP contribution in [0.2, 0.25) is 5.02 Å². The quantitative estimate of drug-likeness (QED) is 0.193. The molecule has 232 valence electrons. The summed E-state index contributed by atoms with van der Waals surface area (Å²) in [4.78, 5) is 31.2. The standard InChI is InChI=1S/C33H34ClN7O4/c1-19-25(17-45-40-19)31(43)38-28(32(44)37-24-9-6-20(7-10-24)30-39-36-18-41(30)5)16-23-14-21(8-11-26(23)34)22-12-13-35-27(15-22)29(42)33(2,3)4/h6-15,17-18,28-29,42H,16H2,1-5H3,(H,37,44)(H,38,43)/t28-,29?/m0/s1. The molecule has 2 atom stereocenters. The van der Waals surface area contributed by atoms with Gasteiger partial charge in [0.1, 0.15) is 30.3 Å². The summed E-state index contributed by atoms with van der Waals surface area (Å²) in [5.74, 6) is -0.260. The van der Waals surface area contributed by atoms with Crippen LogP contribution in [0, 0.1) is 12.3 Å². The van der Waals surface area contributed by atoms with Crippen molar-refractivity contribution in [3.8, 4) is 22.5 Å². The third-order valence-electron chi connectivity index (χ3n) is 7.42. The number of benzene rings is 2. The molecule has 5 rings (SSSR count). The van der Waals surface area contributed by atoms with Crippen molar-refractivity contribution in [3.05, 3.63) is 101 Å². The molecule has 0 saturated carbocycles. The molecule has 0 radical (unpaired) electrons. The molecule has 0 fully saturated rings. The molecule has 0 saturated heterocycles. The van der Waals surface area contributed by atoms with Crippen LogP contribution in [-0.4, -0.2) is 47.9 Å². The van der Waals surface area contributed by atoms with Crippen molar-refractivity contribution in [3.63, 3.8) is 0 Å². The molecule has 2 amide bonds. The molecule has 0 aliphatic carbocycles. The Morgan fingerprint density at radius 3 is 2.40 bits per heavy atom. The molecule has 11 nitrogen and oxygen atoms in total. The van der Waals surface area contributed by atoms with Crippen LogP contribution >= 0.6 is 11.6 Å². The van der Waals surface area contributed by atoms with Crippen molar-refractivity contribution in [1.29, 1.82) is 0 Å². The summed E-state index contributed by atoms with van der Waals surface area (Å²) >= 11 is 6.64. The van der Waals surface area contributed by atoms with Crippen molar-refractivity contribution in [1.82, 2.24) is 30.2 Å². The Kier molecular flexibility index (Phi) is 9.12. The minimum Gasteiger partial charge on any atom is -0.386 e. The third kappa shape index (κ3) is 7.27. The number of aromatic nitrogens is 5. The fourth-order valence-corrected chi connectivity index (χ4v) is 4.98. The topological polar surface area (TPSA) is 148 Å². The number of hydrogen-bond donors (Lipinski definition) is 3. The Hall–Kier alpha value is -4.87. The highest BCUT2D eigenvalue weighted by atomic mass is 35.5. The van der Waals surface area contributed by atoms with Crippen LogP contribution in [0.5, 0.6) is 0 Å². The first-order valence-electron chi connectivity index (χ1n) is 14.3. The summed E-state index contributed by atoms with van der Waals surface area (Å²) in [6.45, 7) is 7.48. The summed E-state index contributed by atoms with van der Waals surface area (Å²) in [5, 5.41) is 28.8. The lowest BCUT2D eigenvalue weighted by Gasteiger charge is -2.25. The van der Waals surface area contributed by atoms with E-state index in [2.05, 4.69) is 31.0 Å². The molecule has 45 heavy (non-hydrogen) atoms. The van der Waals surface area contributed by atoms with E-state index in [1.165, 1.54) is 6.26 Å². The second-order valence-electron chi connectivity index (χ2n) is 11.9. The molecule has 5 aromatic rings. The minimum absolute atomic E-state index is 0.0914. The number of nitrogens with one attached hydrogen (secondary N) is 2. The number of halogens is 1. The van der Waals surface area contributed by atoms with Crippen LogP contribution in [-0.2, 0) is 18.3 Å². The Balaban J connectivity index is 1.42. The maximum Gasteiger partial charge on any atom is 0.257 e. The van der Waals surface area contributed by atoms with E-state index < -0.39 is 29.4 Å². The lowest BCUT2D eigenvalue weighted by atomic mass is 9.86. The third-order valence-corrected chi connectivity index (χ3v) is 7.79. The number of nitrogens with zero attached hydrogens (tertiary/aromatic N) is 5. The molecule has 0 aliphatic heterocycles. The van der Waals surface area contributed by atoms with Crippen LogP contribution in [0.3, 0.4) is 0 Å². The number of aliphatic hydroxyl groups is 1. The first kappa shape index (κ1) is 31.6. The van der Waals surface area contributed by atoms with E-state index in [0.29, 0.717) is 33.5 Å². The number of pyridine rings is 1. The maximum atomic E-state index is 13.7. The smallest absolute Gasteiger partial charge is 0.257 e. The number of hydrogen-bond acceptors (Lipinski definition) is 8. The fraction of sp³-hybridized carbons (Fsp3) is 0.273. The number of anilines is 1. The van der Waals surface area contributed by atoms with E-state index >= 15 is 0 Å². The zero-order valence-corrected chi connectivity index (χ0v) is 26.3. The predicted octanol–water partition coefficient (Wildman–Crippen LogP) is 5.55. The van der Waals surface area contributed by atoms with Gasteiger partial charge in [-0.05, 0) is 77.6 Å². The Bertz CT molecular complexity index is 1830. The largest absolute Gasteiger partial charge is 0.386 e. The van der Waals surface area contributed by atoms with Gasteiger partial charge in [-0.3, -0.25) is 14.6 Å². The molecule has 0 bridgehead atoms. The molecular formula is C33H34ClN7O4. The lowest BCUT2D eigenvalue weighted by molar-refractivity contribution is -0.118. The molecule has 0 aliphatic rings. The molecule has 2 aromatic carbocycles. The fourth-order valence-electron chi connectivity index (χ4n) is 4.78. The monoisotopic (exact) mass is 627 g/mol. The van der Waals surface area contributed by atoms with Gasteiger partial charge in [0.25, 0.3) is 5.91 Å². The van der Waals surface area contributed by atoms with Crippen LogP contribution in [0.15, 0.2) is 77.9 Å². The average Bonchev–Trinajstić information content (AvgIpc) is 3.65. The number of carbonyl (C=O) groups is 2. The van der Waals surface area contributed by atoms with Gasteiger partial charge in [0.15, 0.2) is 5.82 Å². The van der Waals surface area contributed by atoms with Gasteiger partial charge in [0.05, 0.1) is 11.4 Å². The zero-order valence-electron chi connectivity index (χ0n) is 25.6. The predicted molar refractivity (Wildman–Crippen MR) is 170 cm³/mol. The zero-order chi connectivity index (χ0) is 32.3. The summed E-state index contributed by atoms with van der Waals surface area (Å²) in [6, 6.07) is 15.3. The number of rotatable bonds is 9. The van der Waals surface area contributed by atoms with Crippen LogP contribution < -0.4 is 10.6 Å². The molecule has 1 unspecified atom stereocenters. The van der Waals surface area contributed by atoms with E-state index in [9.17, 15) is 14.7 Å². The molecular weight excluding hydrogens is 594 g/mol. The SMILES string of the molecule is Cc1nocc1C(=O)N[C@@H](Cc1cc(-c2ccnc(C(O)C(C)(C)C)c2)ccc1Cl)C(=O)Nc1ccc(-c2nncn2C)cc1. The first-order chi connectivity index (χ1) is 21.4. The summed E-state index contributed by atoms with van der Waals surface area (Å²) in [6.07, 6.45) is 3.84. The minimum atomic E-state index is -1.01. The number of amides is 2. The number of carbonyl (C=O) groups excluding carboxylic acids is 2. The number of aryl methyl sites for hydroxylation is 2. The molecule has 3 N–H and O–H groups in total. The van der Waals surface area contributed by atoms with Gasteiger partial charge in [-0.15, -0.1) is 10.2 Å². The van der Waals surface area contributed by atoms with Gasteiger partial charge in [0, 0.05) is 35.9 Å².